The van der Waals surface area contributed by atoms with Gasteiger partial charge in [0, 0.05) is 55.2 Å². The molecule has 0 saturated carbocycles. The molecule has 0 N–H and O–H groups in total. The van der Waals surface area contributed by atoms with E-state index in [9.17, 15) is 18.0 Å². The van der Waals surface area contributed by atoms with E-state index in [1.165, 1.54) is 32.4 Å². The number of aliphatic imine (C=N–C) groups is 1. The van der Waals surface area contributed by atoms with Crippen molar-refractivity contribution in [3.05, 3.63) is 77.6 Å². The van der Waals surface area contributed by atoms with Crippen molar-refractivity contribution in [3.8, 4) is 11.5 Å². The third-order valence-electron chi connectivity index (χ3n) is 7.42. The zero-order valence-corrected chi connectivity index (χ0v) is 23.3. The van der Waals surface area contributed by atoms with E-state index in [-0.39, 0.29) is 29.5 Å². The largest absolute Gasteiger partial charge is 0.497 e. The van der Waals surface area contributed by atoms with E-state index in [0.717, 1.165) is 17.8 Å². The number of fused-ring (bicyclic) bond motifs is 1. The third kappa shape index (κ3) is 5.79. The van der Waals surface area contributed by atoms with Crippen LogP contribution in [0, 0.1) is 5.82 Å². The zero-order valence-electron chi connectivity index (χ0n) is 23.3. The number of ether oxygens (including phenoxy) is 3. The molecule has 0 radical (unpaired) electrons. The summed E-state index contributed by atoms with van der Waals surface area (Å²) in [5.41, 5.74) is 0.516. The number of carbonyl (C=O) groups is 1. The molecule has 0 aliphatic carbocycles. The summed E-state index contributed by atoms with van der Waals surface area (Å²) in [6.45, 7) is 1.96. The van der Waals surface area contributed by atoms with Gasteiger partial charge in [-0.2, -0.15) is 13.2 Å². The van der Waals surface area contributed by atoms with E-state index in [2.05, 4.69) is 9.89 Å². The van der Waals surface area contributed by atoms with Crippen LogP contribution in [0.2, 0.25) is 0 Å². The minimum Gasteiger partial charge on any atom is -0.497 e. The fraction of sp³-hybridized carbons (Fsp3) is 0.333. The molecule has 42 heavy (non-hydrogen) atoms. The van der Waals surface area contributed by atoms with Gasteiger partial charge in [0.1, 0.15) is 23.0 Å². The van der Waals surface area contributed by atoms with Crippen LogP contribution in [0.15, 0.2) is 65.7 Å². The van der Waals surface area contributed by atoms with Gasteiger partial charge in [0.05, 0.1) is 39.4 Å². The van der Waals surface area contributed by atoms with E-state index < -0.39 is 29.6 Å². The highest BCUT2D eigenvalue weighted by Gasteiger charge is 2.39. The van der Waals surface area contributed by atoms with Crippen molar-refractivity contribution in [1.82, 2.24) is 4.90 Å². The SMILES string of the molecule is COC(=O)CC1c2cccc(F)c2N=C(N2CCN(c3cccc(OC)c3)CC2)N1c1cc(OC)cc(C(F)(F)F)c1. The maximum absolute atomic E-state index is 15.2. The van der Waals surface area contributed by atoms with Crippen molar-refractivity contribution in [3.63, 3.8) is 0 Å². The minimum absolute atomic E-state index is 0.0242. The zero-order chi connectivity index (χ0) is 30.0. The summed E-state index contributed by atoms with van der Waals surface area (Å²) >= 11 is 0. The van der Waals surface area contributed by atoms with E-state index in [0.29, 0.717) is 37.5 Å². The molecule has 1 saturated heterocycles. The predicted molar refractivity (Wildman–Crippen MR) is 150 cm³/mol. The Kier molecular flexibility index (Phi) is 8.15. The number of piperazine rings is 1. The molecule has 1 unspecified atom stereocenters. The molecule has 0 spiro atoms. The second-order valence-corrected chi connectivity index (χ2v) is 9.85. The van der Waals surface area contributed by atoms with Gasteiger partial charge in [-0.05, 0) is 30.3 Å². The van der Waals surface area contributed by atoms with Gasteiger partial charge < -0.3 is 28.9 Å². The number of rotatable bonds is 6. The molecule has 1 atom stereocenters. The summed E-state index contributed by atoms with van der Waals surface area (Å²) in [7, 11) is 4.10. The molecule has 3 aromatic carbocycles. The highest BCUT2D eigenvalue weighted by atomic mass is 19.4. The van der Waals surface area contributed by atoms with Crippen molar-refractivity contribution in [1.29, 1.82) is 0 Å². The normalized spacial score (nSPS) is 17.0. The van der Waals surface area contributed by atoms with Gasteiger partial charge >= 0.3 is 12.1 Å². The molecular formula is C30H30F4N4O4. The van der Waals surface area contributed by atoms with Gasteiger partial charge in [-0.1, -0.05) is 18.2 Å². The average Bonchev–Trinajstić information content (AvgIpc) is 3.00. The fourth-order valence-electron chi connectivity index (χ4n) is 5.29. The monoisotopic (exact) mass is 586 g/mol. The van der Waals surface area contributed by atoms with Crippen LogP contribution in [0.25, 0.3) is 0 Å². The summed E-state index contributed by atoms with van der Waals surface area (Å²) in [5.74, 6) is -0.287. The molecule has 0 amide bonds. The van der Waals surface area contributed by atoms with Crippen LogP contribution in [0.4, 0.5) is 34.6 Å². The highest BCUT2D eigenvalue weighted by Crippen LogP contribution is 2.44. The lowest BCUT2D eigenvalue weighted by Gasteiger charge is -2.45. The van der Waals surface area contributed by atoms with Crippen LogP contribution in [0.3, 0.4) is 0 Å². The van der Waals surface area contributed by atoms with Gasteiger partial charge in [0.2, 0.25) is 5.96 Å². The number of halogens is 4. The molecule has 0 aromatic heterocycles. The van der Waals surface area contributed by atoms with Crippen LogP contribution in [-0.2, 0) is 15.7 Å². The van der Waals surface area contributed by atoms with Crippen LogP contribution >= 0.6 is 0 Å². The Morgan fingerprint density at radius 1 is 0.881 bits per heavy atom. The van der Waals surface area contributed by atoms with Crippen molar-refractivity contribution < 1.29 is 36.6 Å². The Balaban J connectivity index is 1.60. The first-order chi connectivity index (χ1) is 20.1. The molecule has 2 aliphatic heterocycles. The molecule has 5 rings (SSSR count). The van der Waals surface area contributed by atoms with Gasteiger partial charge in [-0.3, -0.25) is 4.79 Å². The van der Waals surface area contributed by atoms with Gasteiger partial charge in [0.15, 0.2) is 0 Å². The maximum Gasteiger partial charge on any atom is 0.416 e. The second-order valence-electron chi connectivity index (χ2n) is 9.85. The molecule has 2 aliphatic rings. The summed E-state index contributed by atoms with van der Waals surface area (Å²) in [4.78, 5) is 22.9. The Bertz CT molecular complexity index is 1490. The van der Waals surface area contributed by atoms with Crippen LogP contribution < -0.4 is 19.3 Å². The maximum atomic E-state index is 15.2. The number of methoxy groups -OCH3 is 3. The summed E-state index contributed by atoms with van der Waals surface area (Å²) in [6, 6.07) is 14.4. The first-order valence-corrected chi connectivity index (χ1v) is 13.3. The molecule has 12 heteroatoms. The van der Waals surface area contributed by atoms with Crippen molar-refractivity contribution in [2.75, 3.05) is 57.3 Å². The third-order valence-corrected chi connectivity index (χ3v) is 7.42. The number of hydrogen-bond acceptors (Lipinski definition) is 8. The Labute approximate surface area is 240 Å². The number of hydrogen-bond donors (Lipinski definition) is 0. The predicted octanol–water partition coefficient (Wildman–Crippen LogP) is 5.80. The van der Waals surface area contributed by atoms with Gasteiger partial charge in [0.25, 0.3) is 0 Å². The topological polar surface area (TPSA) is 66.8 Å². The molecule has 0 bridgehead atoms. The Hall–Kier alpha value is -4.48. The smallest absolute Gasteiger partial charge is 0.416 e. The van der Waals surface area contributed by atoms with Crippen molar-refractivity contribution in [2.45, 2.75) is 18.6 Å². The first kappa shape index (κ1) is 29.0. The van der Waals surface area contributed by atoms with Crippen molar-refractivity contribution in [2.24, 2.45) is 4.99 Å². The Morgan fingerprint density at radius 3 is 2.21 bits per heavy atom. The fourth-order valence-corrected chi connectivity index (χ4v) is 5.29. The lowest BCUT2D eigenvalue weighted by molar-refractivity contribution is -0.141. The van der Waals surface area contributed by atoms with E-state index in [1.807, 2.05) is 29.2 Å². The summed E-state index contributed by atoms with van der Waals surface area (Å²) < 4.78 is 72.6. The number of anilines is 2. The van der Waals surface area contributed by atoms with Gasteiger partial charge in [-0.25, -0.2) is 9.38 Å². The van der Waals surface area contributed by atoms with E-state index in [4.69, 9.17) is 14.2 Å². The quantitative estimate of drug-likeness (QED) is 0.267. The van der Waals surface area contributed by atoms with E-state index >= 15 is 4.39 Å². The van der Waals surface area contributed by atoms with Gasteiger partial charge in [-0.15, -0.1) is 0 Å². The average molecular weight is 587 g/mol. The standard InChI is InChI=1S/C30H30F4N4O4/c1-40-22-7-4-6-20(16-22)36-10-12-37(13-11-36)29-35-28-24(8-5-9-25(28)31)26(18-27(39)42-3)38(29)21-14-19(30(32,33)34)15-23(17-21)41-2/h4-9,14-17,26H,10-13,18H2,1-3H3. The number of guanidine groups is 1. The molecule has 1 fully saturated rings. The second kappa shape index (κ2) is 11.8. The number of esters is 1. The lowest BCUT2D eigenvalue weighted by Crippen LogP contribution is -2.55. The molecule has 2 heterocycles. The van der Waals surface area contributed by atoms with Crippen LogP contribution in [0.1, 0.15) is 23.6 Å². The number of carbonyl (C=O) groups excluding carboxylic acids is 1. The highest BCUT2D eigenvalue weighted by molar-refractivity contribution is 6.01. The molecule has 222 valence electrons. The minimum atomic E-state index is -4.67. The number of para-hydroxylation sites is 1. The molecule has 8 nitrogen and oxygen atoms in total. The van der Waals surface area contributed by atoms with Crippen molar-refractivity contribution >= 4 is 29.0 Å². The Morgan fingerprint density at radius 2 is 1.55 bits per heavy atom. The lowest BCUT2D eigenvalue weighted by atomic mass is 9.96. The first-order valence-electron chi connectivity index (χ1n) is 13.3. The van der Waals surface area contributed by atoms with Crippen LogP contribution in [0.5, 0.6) is 11.5 Å². The number of benzene rings is 3. The summed E-state index contributed by atoms with van der Waals surface area (Å²) in [6.07, 6.45) is -4.92. The van der Waals surface area contributed by atoms with Crippen LogP contribution in [-0.4, -0.2) is 64.3 Å². The summed E-state index contributed by atoms with van der Waals surface area (Å²) in [5, 5.41) is 0. The van der Waals surface area contributed by atoms with E-state index in [1.54, 1.807) is 18.1 Å². The molecule has 3 aromatic rings. The molecular weight excluding hydrogens is 556 g/mol. The number of alkyl halides is 3. The number of nitrogens with zero attached hydrogens (tertiary/aromatic N) is 4.